The van der Waals surface area contributed by atoms with Crippen molar-refractivity contribution >= 4 is 17.5 Å². The van der Waals surface area contributed by atoms with E-state index >= 15 is 0 Å². The van der Waals surface area contributed by atoms with Gasteiger partial charge in [0.25, 0.3) is 0 Å². The van der Waals surface area contributed by atoms with Crippen molar-refractivity contribution in [2.75, 3.05) is 18.4 Å². The molecule has 0 bridgehead atoms. The number of benzene rings is 1. The van der Waals surface area contributed by atoms with E-state index in [0.29, 0.717) is 19.0 Å². The van der Waals surface area contributed by atoms with Crippen molar-refractivity contribution in [1.29, 1.82) is 0 Å². The fourth-order valence-electron chi connectivity index (χ4n) is 1.87. The van der Waals surface area contributed by atoms with Gasteiger partial charge in [-0.2, -0.15) is 0 Å². The third-order valence-electron chi connectivity index (χ3n) is 3.11. The van der Waals surface area contributed by atoms with Crippen LogP contribution in [0.15, 0.2) is 12.1 Å². The lowest BCUT2D eigenvalue weighted by Gasteiger charge is -2.08. The van der Waals surface area contributed by atoms with Crippen LogP contribution in [0.2, 0.25) is 0 Å². The van der Waals surface area contributed by atoms with Gasteiger partial charge in [-0.05, 0) is 31.5 Å². The van der Waals surface area contributed by atoms with Crippen LogP contribution in [0.3, 0.4) is 0 Å². The molecule has 2 amide bonds. The summed E-state index contributed by atoms with van der Waals surface area (Å²) in [5, 5.41) is 4.44. The summed E-state index contributed by atoms with van der Waals surface area (Å²) in [6, 6.07) is 1.61. The lowest BCUT2D eigenvalue weighted by molar-refractivity contribution is -0.124. The first-order valence-corrected chi connectivity index (χ1v) is 7.35. The van der Waals surface area contributed by atoms with Crippen LogP contribution in [-0.2, 0) is 9.59 Å². The molecule has 0 spiro atoms. The van der Waals surface area contributed by atoms with Gasteiger partial charge < -0.3 is 16.4 Å². The number of carbonyl (C=O) groups is 2. The van der Waals surface area contributed by atoms with Gasteiger partial charge in [-0.25, -0.2) is 13.2 Å². The van der Waals surface area contributed by atoms with Gasteiger partial charge in [0, 0.05) is 6.42 Å². The third kappa shape index (κ3) is 6.68. The molecule has 0 aliphatic carbocycles. The quantitative estimate of drug-likeness (QED) is 0.478. The Morgan fingerprint density at radius 2 is 1.65 bits per heavy atom. The van der Waals surface area contributed by atoms with Crippen molar-refractivity contribution in [2.45, 2.75) is 32.1 Å². The number of nitrogens with two attached hydrogens (primary N) is 1. The number of hydrogen-bond acceptors (Lipinski definition) is 3. The number of nitrogens with one attached hydrogen (secondary N) is 2. The molecule has 1 aromatic carbocycles. The van der Waals surface area contributed by atoms with Crippen LogP contribution in [-0.4, -0.2) is 24.9 Å². The van der Waals surface area contributed by atoms with Crippen molar-refractivity contribution in [3.8, 4) is 0 Å². The summed E-state index contributed by atoms with van der Waals surface area (Å²) in [5.41, 5.74) is 4.87. The standard InChI is InChI=1S/C15H20F3N3O2/c16-10-6-7-11(15(18)14(10)17)21-13(23)9-20-12(22)5-3-1-2-4-8-19/h6-7H,1-5,8-9,19H2,(H,20,22)(H,21,23). The normalized spacial score (nSPS) is 10.4. The molecule has 0 atom stereocenters. The SMILES string of the molecule is NCCCCCCC(=O)NCC(=O)Nc1ccc(F)c(F)c1F. The van der Waals surface area contributed by atoms with Gasteiger partial charge in [-0.1, -0.05) is 12.8 Å². The van der Waals surface area contributed by atoms with E-state index in [4.69, 9.17) is 5.73 Å². The minimum atomic E-state index is -1.66. The van der Waals surface area contributed by atoms with Gasteiger partial charge in [0.05, 0.1) is 12.2 Å². The Morgan fingerprint density at radius 1 is 0.957 bits per heavy atom. The molecule has 0 saturated heterocycles. The fourth-order valence-corrected chi connectivity index (χ4v) is 1.87. The van der Waals surface area contributed by atoms with Gasteiger partial charge in [0.2, 0.25) is 11.8 Å². The molecule has 0 heterocycles. The van der Waals surface area contributed by atoms with Crippen molar-refractivity contribution in [3.05, 3.63) is 29.6 Å². The lowest BCUT2D eigenvalue weighted by Crippen LogP contribution is -2.32. The number of hydrogen-bond donors (Lipinski definition) is 3. The molecule has 1 rings (SSSR count). The minimum Gasteiger partial charge on any atom is -0.347 e. The maximum absolute atomic E-state index is 13.4. The largest absolute Gasteiger partial charge is 0.347 e. The molecule has 0 radical (unpaired) electrons. The molecule has 8 heteroatoms. The second-order valence-electron chi connectivity index (χ2n) is 5.00. The van der Waals surface area contributed by atoms with Crippen molar-refractivity contribution in [2.24, 2.45) is 5.73 Å². The number of carbonyl (C=O) groups excluding carboxylic acids is 2. The van der Waals surface area contributed by atoms with Crippen LogP contribution in [0.1, 0.15) is 32.1 Å². The van der Waals surface area contributed by atoms with Crippen LogP contribution in [0, 0.1) is 17.5 Å². The summed E-state index contributed by atoms with van der Waals surface area (Å²) in [6.45, 7) is 0.243. The average Bonchev–Trinajstić information content (AvgIpc) is 2.53. The predicted octanol–water partition coefficient (Wildman–Crippen LogP) is 2.07. The monoisotopic (exact) mass is 331 g/mol. The zero-order chi connectivity index (χ0) is 17.2. The van der Waals surface area contributed by atoms with E-state index in [9.17, 15) is 22.8 Å². The zero-order valence-electron chi connectivity index (χ0n) is 12.6. The van der Waals surface area contributed by atoms with Gasteiger partial charge in [0.15, 0.2) is 17.5 Å². The number of amides is 2. The highest BCUT2D eigenvalue weighted by Gasteiger charge is 2.15. The molecule has 0 aromatic heterocycles. The maximum atomic E-state index is 13.4. The number of anilines is 1. The molecule has 1 aromatic rings. The van der Waals surface area contributed by atoms with E-state index in [1.165, 1.54) is 0 Å². The highest BCUT2D eigenvalue weighted by molar-refractivity contribution is 5.94. The maximum Gasteiger partial charge on any atom is 0.243 e. The molecule has 128 valence electrons. The second kappa shape index (κ2) is 9.83. The Hall–Kier alpha value is -2.09. The smallest absolute Gasteiger partial charge is 0.243 e. The van der Waals surface area contributed by atoms with Gasteiger partial charge in [-0.3, -0.25) is 9.59 Å². The molecule has 0 saturated carbocycles. The van der Waals surface area contributed by atoms with Crippen LogP contribution >= 0.6 is 0 Å². The number of rotatable bonds is 9. The topological polar surface area (TPSA) is 84.2 Å². The number of unbranched alkanes of at least 4 members (excludes halogenated alkanes) is 3. The van der Waals surface area contributed by atoms with Crippen molar-refractivity contribution < 1.29 is 22.8 Å². The van der Waals surface area contributed by atoms with Crippen molar-refractivity contribution in [1.82, 2.24) is 5.32 Å². The van der Waals surface area contributed by atoms with E-state index in [-0.39, 0.29) is 18.9 Å². The Balaban J connectivity index is 2.32. The summed E-state index contributed by atoms with van der Waals surface area (Å²) in [4.78, 5) is 23.1. The average molecular weight is 331 g/mol. The van der Waals surface area contributed by atoms with Gasteiger partial charge >= 0.3 is 0 Å². The Morgan fingerprint density at radius 3 is 2.35 bits per heavy atom. The Bertz CT molecular complexity index is 553. The van der Waals surface area contributed by atoms with Crippen LogP contribution in [0.5, 0.6) is 0 Å². The van der Waals surface area contributed by atoms with Gasteiger partial charge in [-0.15, -0.1) is 0 Å². The zero-order valence-corrected chi connectivity index (χ0v) is 12.6. The third-order valence-corrected chi connectivity index (χ3v) is 3.11. The molecule has 0 aliphatic rings. The molecule has 23 heavy (non-hydrogen) atoms. The predicted molar refractivity (Wildman–Crippen MR) is 80.1 cm³/mol. The highest BCUT2D eigenvalue weighted by Crippen LogP contribution is 2.19. The van der Waals surface area contributed by atoms with Crippen molar-refractivity contribution in [3.63, 3.8) is 0 Å². The Kier molecular flexibility index (Phi) is 8.10. The molecule has 0 unspecified atom stereocenters. The first-order chi connectivity index (χ1) is 11.0. The summed E-state index contributed by atoms with van der Waals surface area (Å²) >= 11 is 0. The van der Waals surface area contributed by atoms with E-state index in [0.717, 1.165) is 25.3 Å². The Labute approximate surface area is 132 Å². The van der Waals surface area contributed by atoms with Crippen LogP contribution < -0.4 is 16.4 Å². The summed E-state index contributed by atoms with van der Waals surface area (Å²) in [7, 11) is 0. The summed E-state index contributed by atoms with van der Waals surface area (Å²) in [6.07, 6.45) is 3.68. The molecular formula is C15H20F3N3O2. The summed E-state index contributed by atoms with van der Waals surface area (Å²) in [5.74, 6) is -5.53. The first kappa shape index (κ1) is 19.0. The molecule has 0 fully saturated rings. The second-order valence-corrected chi connectivity index (χ2v) is 5.00. The van der Waals surface area contributed by atoms with E-state index in [1.54, 1.807) is 0 Å². The van der Waals surface area contributed by atoms with E-state index in [2.05, 4.69) is 10.6 Å². The van der Waals surface area contributed by atoms with E-state index in [1.807, 2.05) is 0 Å². The van der Waals surface area contributed by atoms with Gasteiger partial charge in [0.1, 0.15) is 0 Å². The molecule has 0 aliphatic heterocycles. The molecule has 5 nitrogen and oxygen atoms in total. The fraction of sp³-hybridized carbons (Fsp3) is 0.467. The molecular weight excluding hydrogens is 311 g/mol. The minimum absolute atomic E-state index is 0.275. The van der Waals surface area contributed by atoms with E-state index < -0.39 is 29.0 Å². The summed E-state index contributed by atoms with van der Waals surface area (Å²) < 4.78 is 39.1. The van der Waals surface area contributed by atoms with Crippen LogP contribution in [0.25, 0.3) is 0 Å². The first-order valence-electron chi connectivity index (χ1n) is 7.35. The van der Waals surface area contributed by atoms with Crippen LogP contribution in [0.4, 0.5) is 18.9 Å². The molecule has 4 N–H and O–H groups in total. The highest BCUT2D eigenvalue weighted by atomic mass is 19.2. The number of halogens is 3. The lowest BCUT2D eigenvalue weighted by atomic mass is 10.1.